The highest BCUT2D eigenvalue weighted by molar-refractivity contribution is 7.13. The van der Waals surface area contributed by atoms with Gasteiger partial charge in [-0.1, -0.05) is 12.1 Å². The number of hydrogen-bond donors (Lipinski definition) is 1. The normalized spacial score (nSPS) is 10.9. The van der Waals surface area contributed by atoms with E-state index in [4.69, 9.17) is 5.73 Å². The minimum atomic E-state index is 0.386. The molecule has 3 aromatic heterocycles. The highest BCUT2D eigenvalue weighted by Crippen LogP contribution is 2.31. The molecule has 5 nitrogen and oxygen atoms in total. The Morgan fingerprint density at radius 3 is 2.77 bits per heavy atom. The van der Waals surface area contributed by atoms with Crippen molar-refractivity contribution in [3.8, 4) is 22.0 Å². The first-order valence-electron chi connectivity index (χ1n) is 6.69. The summed E-state index contributed by atoms with van der Waals surface area (Å²) in [5.74, 6) is 0.386. The van der Waals surface area contributed by atoms with Crippen LogP contribution in [0.2, 0.25) is 0 Å². The molecule has 3 heterocycles. The largest absolute Gasteiger partial charge is 0.382 e. The van der Waals surface area contributed by atoms with Gasteiger partial charge in [-0.2, -0.15) is 0 Å². The first-order valence-corrected chi connectivity index (χ1v) is 7.57. The van der Waals surface area contributed by atoms with E-state index in [2.05, 4.69) is 26.0 Å². The fourth-order valence-corrected chi connectivity index (χ4v) is 2.95. The summed E-state index contributed by atoms with van der Waals surface area (Å²) >= 11 is 1.52. The van der Waals surface area contributed by atoms with Gasteiger partial charge < -0.3 is 5.73 Å². The molecule has 0 fully saturated rings. The minimum absolute atomic E-state index is 0.386. The van der Waals surface area contributed by atoms with Crippen molar-refractivity contribution in [3.63, 3.8) is 0 Å². The fraction of sp³-hybridized carbons (Fsp3) is 0. The number of rotatable bonds is 2. The molecule has 0 aliphatic rings. The van der Waals surface area contributed by atoms with Crippen LogP contribution in [0.5, 0.6) is 0 Å². The molecule has 4 rings (SSSR count). The molecule has 0 saturated heterocycles. The van der Waals surface area contributed by atoms with Crippen LogP contribution in [0.4, 0.5) is 5.82 Å². The van der Waals surface area contributed by atoms with Crippen molar-refractivity contribution in [2.75, 3.05) is 5.73 Å². The predicted octanol–water partition coefficient (Wildman–Crippen LogP) is 3.40. The van der Waals surface area contributed by atoms with Gasteiger partial charge in [0.2, 0.25) is 0 Å². The summed E-state index contributed by atoms with van der Waals surface area (Å²) in [5.41, 5.74) is 9.20. The van der Waals surface area contributed by atoms with Gasteiger partial charge >= 0.3 is 0 Å². The lowest BCUT2D eigenvalue weighted by atomic mass is 10.1. The van der Waals surface area contributed by atoms with E-state index in [-0.39, 0.29) is 0 Å². The molecule has 106 valence electrons. The molecule has 0 radical (unpaired) electrons. The Morgan fingerprint density at radius 1 is 0.955 bits per heavy atom. The number of benzene rings is 1. The number of thiazole rings is 1. The molecule has 2 N–H and O–H groups in total. The summed E-state index contributed by atoms with van der Waals surface area (Å²) in [5, 5.41) is 3.78. The maximum Gasteiger partial charge on any atom is 0.144 e. The van der Waals surface area contributed by atoms with Gasteiger partial charge in [0.25, 0.3) is 0 Å². The van der Waals surface area contributed by atoms with E-state index >= 15 is 0 Å². The number of hydrogen-bond acceptors (Lipinski definition) is 6. The molecule has 1 aromatic carbocycles. The van der Waals surface area contributed by atoms with Crippen LogP contribution in [0, 0.1) is 0 Å². The SMILES string of the molecule is Nc1cnc(-c2ccc3ncccc3c2)c(-c2nccs2)n1. The summed E-state index contributed by atoms with van der Waals surface area (Å²) in [6, 6.07) is 9.97. The van der Waals surface area contributed by atoms with Crippen molar-refractivity contribution in [3.05, 3.63) is 54.3 Å². The van der Waals surface area contributed by atoms with Crippen molar-refractivity contribution >= 4 is 28.1 Å². The molecule has 0 unspecified atom stereocenters. The van der Waals surface area contributed by atoms with Crippen LogP contribution in [0.15, 0.2) is 54.3 Å². The third-order valence-corrected chi connectivity index (χ3v) is 4.08. The molecule has 0 atom stereocenters. The van der Waals surface area contributed by atoms with Gasteiger partial charge in [-0.05, 0) is 18.2 Å². The number of anilines is 1. The van der Waals surface area contributed by atoms with Crippen molar-refractivity contribution in [2.24, 2.45) is 0 Å². The van der Waals surface area contributed by atoms with Crippen molar-refractivity contribution < 1.29 is 0 Å². The quantitative estimate of drug-likeness (QED) is 0.614. The van der Waals surface area contributed by atoms with E-state index in [1.54, 1.807) is 18.6 Å². The van der Waals surface area contributed by atoms with Crippen LogP contribution in [-0.4, -0.2) is 19.9 Å². The molecule has 4 aromatic rings. The summed E-state index contributed by atoms with van der Waals surface area (Å²) in [6.07, 6.45) is 5.10. The van der Waals surface area contributed by atoms with Crippen molar-refractivity contribution in [1.29, 1.82) is 0 Å². The fourth-order valence-electron chi connectivity index (χ4n) is 2.33. The number of fused-ring (bicyclic) bond motifs is 1. The lowest BCUT2D eigenvalue weighted by Crippen LogP contribution is -1.98. The van der Waals surface area contributed by atoms with Gasteiger partial charge in [-0.15, -0.1) is 11.3 Å². The third-order valence-electron chi connectivity index (χ3n) is 3.30. The molecular weight excluding hydrogens is 294 g/mol. The maximum absolute atomic E-state index is 5.80. The molecule has 0 aliphatic carbocycles. The van der Waals surface area contributed by atoms with Gasteiger partial charge in [-0.3, -0.25) is 9.97 Å². The average Bonchev–Trinajstić information content (AvgIpc) is 3.09. The van der Waals surface area contributed by atoms with E-state index < -0.39 is 0 Å². The number of nitrogens with two attached hydrogens (primary N) is 1. The van der Waals surface area contributed by atoms with Gasteiger partial charge in [0.1, 0.15) is 16.5 Å². The van der Waals surface area contributed by atoms with Crippen LogP contribution in [0.25, 0.3) is 32.9 Å². The Labute approximate surface area is 130 Å². The Hall–Kier alpha value is -2.86. The van der Waals surface area contributed by atoms with Crippen molar-refractivity contribution in [1.82, 2.24) is 19.9 Å². The molecule has 0 spiro atoms. The zero-order chi connectivity index (χ0) is 14.9. The smallest absolute Gasteiger partial charge is 0.144 e. The average molecular weight is 305 g/mol. The molecule has 0 bridgehead atoms. The third kappa shape index (κ3) is 2.19. The second kappa shape index (κ2) is 5.16. The highest BCUT2D eigenvalue weighted by Gasteiger charge is 2.14. The topological polar surface area (TPSA) is 77.6 Å². The summed E-state index contributed by atoms with van der Waals surface area (Å²) in [6.45, 7) is 0. The second-order valence-electron chi connectivity index (χ2n) is 4.74. The standard InChI is InChI=1S/C16H11N5S/c17-13-9-20-14(15(21-13)16-19-6-7-22-16)11-3-4-12-10(8-11)2-1-5-18-12/h1-9H,(H2,17,21). The Bertz CT molecular complexity index is 950. The molecular formula is C16H11N5S. The van der Waals surface area contributed by atoms with E-state index in [9.17, 15) is 0 Å². The Balaban J connectivity index is 1.94. The van der Waals surface area contributed by atoms with E-state index in [0.29, 0.717) is 11.5 Å². The molecule has 0 aliphatic heterocycles. The van der Waals surface area contributed by atoms with E-state index in [1.807, 2.05) is 29.6 Å². The molecule has 0 amide bonds. The van der Waals surface area contributed by atoms with Crippen LogP contribution in [0.3, 0.4) is 0 Å². The number of aromatic nitrogens is 4. The lowest BCUT2D eigenvalue weighted by Gasteiger charge is -2.07. The summed E-state index contributed by atoms with van der Waals surface area (Å²) < 4.78 is 0. The first-order chi connectivity index (χ1) is 10.8. The first kappa shape index (κ1) is 12.8. The van der Waals surface area contributed by atoms with E-state index in [1.165, 1.54) is 11.3 Å². The predicted molar refractivity (Wildman–Crippen MR) is 88.3 cm³/mol. The van der Waals surface area contributed by atoms with Gasteiger partial charge in [-0.25, -0.2) is 9.97 Å². The van der Waals surface area contributed by atoms with Crippen LogP contribution >= 0.6 is 11.3 Å². The zero-order valence-electron chi connectivity index (χ0n) is 11.5. The minimum Gasteiger partial charge on any atom is -0.382 e. The summed E-state index contributed by atoms with van der Waals surface area (Å²) in [4.78, 5) is 17.5. The molecule has 6 heteroatoms. The van der Waals surface area contributed by atoms with Crippen LogP contribution < -0.4 is 5.73 Å². The molecule has 0 saturated carbocycles. The Kier molecular flexibility index (Phi) is 3.01. The highest BCUT2D eigenvalue weighted by atomic mass is 32.1. The number of nitrogens with zero attached hydrogens (tertiary/aromatic N) is 4. The van der Waals surface area contributed by atoms with Crippen molar-refractivity contribution in [2.45, 2.75) is 0 Å². The van der Waals surface area contributed by atoms with Crippen LogP contribution in [0.1, 0.15) is 0 Å². The zero-order valence-corrected chi connectivity index (χ0v) is 12.3. The number of nitrogen functional groups attached to an aromatic ring is 1. The summed E-state index contributed by atoms with van der Waals surface area (Å²) in [7, 11) is 0. The number of pyridine rings is 1. The van der Waals surface area contributed by atoms with Gasteiger partial charge in [0, 0.05) is 28.7 Å². The second-order valence-corrected chi connectivity index (χ2v) is 5.63. The lowest BCUT2D eigenvalue weighted by molar-refractivity contribution is 1.21. The Morgan fingerprint density at radius 2 is 1.91 bits per heavy atom. The monoisotopic (exact) mass is 305 g/mol. The maximum atomic E-state index is 5.80. The van der Waals surface area contributed by atoms with Gasteiger partial charge in [0.05, 0.1) is 17.4 Å². The van der Waals surface area contributed by atoms with E-state index in [0.717, 1.165) is 27.2 Å². The molecule has 22 heavy (non-hydrogen) atoms. The van der Waals surface area contributed by atoms with Crippen LogP contribution in [-0.2, 0) is 0 Å². The van der Waals surface area contributed by atoms with Gasteiger partial charge in [0.15, 0.2) is 0 Å².